The SMILES string of the molecule is CCC(CC)c1cc(C(=O)N(C)C[C@H](O)CN2CCOCC2)on1. The molecule has 1 aromatic heterocycles. The summed E-state index contributed by atoms with van der Waals surface area (Å²) >= 11 is 0. The van der Waals surface area contributed by atoms with Crippen LogP contribution in [0.15, 0.2) is 10.6 Å². The van der Waals surface area contributed by atoms with E-state index in [-0.39, 0.29) is 18.2 Å². The lowest BCUT2D eigenvalue weighted by molar-refractivity contribution is 0.00846. The number of nitrogens with zero attached hydrogens (tertiary/aromatic N) is 3. The summed E-state index contributed by atoms with van der Waals surface area (Å²) in [5.41, 5.74) is 0.825. The lowest BCUT2D eigenvalue weighted by Gasteiger charge is -2.29. The molecule has 0 saturated carbocycles. The number of likely N-dealkylation sites (N-methyl/N-ethyl adjacent to an activating group) is 1. The lowest BCUT2D eigenvalue weighted by atomic mass is 9.99. The summed E-state index contributed by atoms with van der Waals surface area (Å²) in [6.07, 6.45) is 1.33. The number of ether oxygens (including phenoxy) is 1. The first kappa shape index (κ1) is 18.9. The minimum Gasteiger partial charge on any atom is -0.390 e. The van der Waals surface area contributed by atoms with Gasteiger partial charge in [0, 0.05) is 45.2 Å². The Labute approximate surface area is 143 Å². The van der Waals surface area contributed by atoms with E-state index in [1.807, 2.05) is 0 Å². The highest BCUT2D eigenvalue weighted by molar-refractivity contribution is 5.91. The number of rotatable bonds is 8. The molecule has 7 heteroatoms. The Morgan fingerprint density at radius 2 is 2.04 bits per heavy atom. The van der Waals surface area contributed by atoms with Gasteiger partial charge in [0.2, 0.25) is 5.76 Å². The van der Waals surface area contributed by atoms with E-state index in [0.29, 0.717) is 25.7 Å². The third-order valence-electron chi connectivity index (χ3n) is 4.55. The van der Waals surface area contributed by atoms with Gasteiger partial charge >= 0.3 is 0 Å². The van der Waals surface area contributed by atoms with Gasteiger partial charge in [0.1, 0.15) is 0 Å². The summed E-state index contributed by atoms with van der Waals surface area (Å²) in [6, 6.07) is 1.73. The number of aliphatic hydroxyl groups is 1. The van der Waals surface area contributed by atoms with Crippen molar-refractivity contribution in [3.8, 4) is 0 Å². The summed E-state index contributed by atoms with van der Waals surface area (Å²) in [4.78, 5) is 16.1. The van der Waals surface area contributed by atoms with Gasteiger partial charge in [-0.3, -0.25) is 9.69 Å². The van der Waals surface area contributed by atoms with Crippen LogP contribution in [0.1, 0.15) is 48.9 Å². The topological polar surface area (TPSA) is 79.0 Å². The summed E-state index contributed by atoms with van der Waals surface area (Å²) in [7, 11) is 1.67. The fourth-order valence-corrected chi connectivity index (χ4v) is 3.02. The molecule has 0 aromatic carbocycles. The first-order valence-electron chi connectivity index (χ1n) is 8.75. The number of carbonyl (C=O) groups is 1. The minimum absolute atomic E-state index is 0.234. The van der Waals surface area contributed by atoms with Crippen LogP contribution in [0, 0.1) is 0 Å². The second kappa shape index (κ2) is 9.15. The smallest absolute Gasteiger partial charge is 0.292 e. The Balaban J connectivity index is 1.86. The van der Waals surface area contributed by atoms with Gasteiger partial charge in [0.15, 0.2) is 0 Å². The molecule has 1 atom stereocenters. The Morgan fingerprint density at radius 1 is 1.38 bits per heavy atom. The zero-order valence-corrected chi connectivity index (χ0v) is 14.9. The van der Waals surface area contributed by atoms with E-state index in [9.17, 15) is 9.90 Å². The first-order chi connectivity index (χ1) is 11.5. The van der Waals surface area contributed by atoms with Crippen molar-refractivity contribution in [3.63, 3.8) is 0 Å². The van der Waals surface area contributed by atoms with E-state index in [1.54, 1.807) is 13.1 Å². The molecule has 1 saturated heterocycles. The van der Waals surface area contributed by atoms with Crippen LogP contribution in [0.25, 0.3) is 0 Å². The van der Waals surface area contributed by atoms with E-state index >= 15 is 0 Å². The molecule has 7 nitrogen and oxygen atoms in total. The molecule has 0 aliphatic carbocycles. The highest BCUT2D eigenvalue weighted by Crippen LogP contribution is 2.22. The highest BCUT2D eigenvalue weighted by Gasteiger charge is 2.23. The van der Waals surface area contributed by atoms with Crippen LogP contribution < -0.4 is 0 Å². The van der Waals surface area contributed by atoms with Crippen molar-refractivity contribution in [1.29, 1.82) is 0 Å². The lowest BCUT2D eigenvalue weighted by Crippen LogP contribution is -2.45. The molecule has 1 N–H and O–H groups in total. The average molecular weight is 339 g/mol. The Bertz CT molecular complexity index is 510. The van der Waals surface area contributed by atoms with Crippen molar-refractivity contribution < 1.29 is 19.2 Å². The van der Waals surface area contributed by atoms with Crippen LogP contribution in [-0.4, -0.2) is 78.5 Å². The molecule has 1 aliphatic rings. The maximum absolute atomic E-state index is 12.4. The molecule has 2 rings (SSSR count). The minimum atomic E-state index is -0.599. The van der Waals surface area contributed by atoms with E-state index in [4.69, 9.17) is 9.26 Å². The van der Waals surface area contributed by atoms with Crippen LogP contribution in [0.3, 0.4) is 0 Å². The van der Waals surface area contributed by atoms with E-state index < -0.39 is 6.10 Å². The third-order valence-corrected chi connectivity index (χ3v) is 4.55. The first-order valence-corrected chi connectivity index (χ1v) is 8.75. The van der Waals surface area contributed by atoms with E-state index in [0.717, 1.165) is 31.6 Å². The van der Waals surface area contributed by atoms with Gasteiger partial charge < -0.3 is 19.3 Å². The molecule has 2 heterocycles. The summed E-state index contributed by atoms with van der Waals surface area (Å²) in [5, 5.41) is 14.2. The van der Waals surface area contributed by atoms with Crippen molar-refractivity contribution in [1.82, 2.24) is 15.0 Å². The van der Waals surface area contributed by atoms with Gasteiger partial charge in [-0.25, -0.2) is 0 Å². The fraction of sp³-hybridized carbons (Fsp3) is 0.765. The predicted molar refractivity (Wildman–Crippen MR) is 90.1 cm³/mol. The number of aliphatic hydroxyl groups excluding tert-OH is 1. The van der Waals surface area contributed by atoms with Crippen LogP contribution in [-0.2, 0) is 4.74 Å². The van der Waals surface area contributed by atoms with Gasteiger partial charge in [-0.1, -0.05) is 19.0 Å². The largest absolute Gasteiger partial charge is 0.390 e. The molecule has 1 amide bonds. The molecule has 1 fully saturated rings. The standard InChI is InChI=1S/C17H29N3O4/c1-4-13(5-2)15-10-16(24-18-15)17(22)19(3)11-14(21)12-20-6-8-23-9-7-20/h10,13-14,21H,4-9,11-12H2,1-3H3/t14-/m0/s1. The number of morpholine rings is 1. The Kier molecular flexibility index (Phi) is 7.20. The maximum Gasteiger partial charge on any atom is 0.292 e. The molecule has 1 aromatic rings. The Morgan fingerprint density at radius 3 is 2.67 bits per heavy atom. The van der Waals surface area contributed by atoms with Crippen molar-refractivity contribution in [2.45, 2.75) is 38.7 Å². The second-order valence-corrected chi connectivity index (χ2v) is 6.38. The van der Waals surface area contributed by atoms with Gasteiger partial charge in [-0.05, 0) is 12.8 Å². The monoisotopic (exact) mass is 339 g/mol. The molecule has 1 aliphatic heterocycles. The van der Waals surface area contributed by atoms with Crippen LogP contribution in [0.5, 0.6) is 0 Å². The molecular weight excluding hydrogens is 310 g/mol. The zero-order chi connectivity index (χ0) is 17.5. The summed E-state index contributed by atoms with van der Waals surface area (Å²) in [5.74, 6) is 0.297. The van der Waals surface area contributed by atoms with E-state index in [2.05, 4.69) is 23.9 Å². The normalized spacial score (nSPS) is 17.2. The van der Waals surface area contributed by atoms with Gasteiger partial charge in [-0.2, -0.15) is 0 Å². The molecular formula is C17H29N3O4. The quantitative estimate of drug-likeness (QED) is 0.770. The number of β-amino-alcohol motifs (C(OH)–C–C–N with tert-alkyl or cyclic N) is 1. The molecule has 0 unspecified atom stereocenters. The highest BCUT2D eigenvalue weighted by atomic mass is 16.5. The van der Waals surface area contributed by atoms with Crippen molar-refractivity contribution >= 4 is 5.91 Å². The predicted octanol–water partition coefficient (Wildman–Crippen LogP) is 1.34. The number of hydrogen-bond acceptors (Lipinski definition) is 6. The Hall–Kier alpha value is -1.44. The zero-order valence-electron chi connectivity index (χ0n) is 14.9. The van der Waals surface area contributed by atoms with Crippen LogP contribution in [0.4, 0.5) is 0 Å². The van der Waals surface area contributed by atoms with Crippen molar-refractivity contribution in [3.05, 3.63) is 17.5 Å². The van der Waals surface area contributed by atoms with E-state index in [1.165, 1.54) is 4.90 Å². The number of carbonyl (C=O) groups excluding carboxylic acids is 1. The number of hydrogen-bond donors (Lipinski definition) is 1. The molecule has 0 radical (unpaired) electrons. The number of amides is 1. The second-order valence-electron chi connectivity index (χ2n) is 6.38. The van der Waals surface area contributed by atoms with Crippen LogP contribution in [0.2, 0.25) is 0 Å². The average Bonchev–Trinajstić information content (AvgIpc) is 3.05. The molecule has 136 valence electrons. The maximum atomic E-state index is 12.4. The van der Waals surface area contributed by atoms with Crippen molar-refractivity contribution in [2.75, 3.05) is 46.4 Å². The van der Waals surface area contributed by atoms with Gasteiger partial charge in [0.25, 0.3) is 5.91 Å². The van der Waals surface area contributed by atoms with Gasteiger partial charge in [-0.15, -0.1) is 0 Å². The van der Waals surface area contributed by atoms with Crippen LogP contribution >= 0.6 is 0 Å². The molecule has 0 spiro atoms. The number of aromatic nitrogens is 1. The molecule has 24 heavy (non-hydrogen) atoms. The third kappa shape index (κ3) is 5.03. The fourth-order valence-electron chi connectivity index (χ4n) is 3.02. The summed E-state index contributed by atoms with van der Waals surface area (Å²) in [6.45, 7) is 8.01. The molecule has 0 bridgehead atoms. The van der Waals surface area contributed by atoms with Crippen molar-refractivity contribution in [2.24, 2.45) is 0 Å². The summed E-state index contributed by atoms with van der Waals surface area (Å²) < 4.78 is 10.5. The van der Waals surface area contributed by atoms with Gasteiger partial charge in [0.05, 0.1) is 25.0 Å².